The highest BCUT2D eigenvalue weighted by Gasteiger charge is 2.17. The predicted octanol–water partition coefficient (Wildman–Crippen LogP) is 10.7. The van der Waals surface area contributed by atoms with Crippen molar-refractivity contribution in [3.05, 3.63) is 151 Å². The van der Waals surface area contributed by atoms with Crippen LogP contribution in [-0.2, 0) is 0 Å². The second-order valence-electron chi connectivity index (χ2n) is 10.6. The third-order valence-electron chi connectivity index (χ3n) is 8.04. The first-order chi connectivity index (χ1) is 21.2. The summed E-state index contributed by atoms with van der Waals surface area (Å²) in [7, 11) is 0. The Hall–Kier alpha value is -5.38. The molecule has 4 heteroatoms. The molecule has 0 saturated heterocycles. The summed E-state index contributed by atoms with van der Waals surface area (Å²) in [5, 5.41) is 7.17. The van der Waals surface area contributed by atoms with Gasteiger partial charge in [0, 0.05) is 16.7 Å². The summed E-state index contributed by atoms with van der Waals surface area (Å²) in [5.41, 5.74) is 6.34. The van der Waals surface area contributed by atoms with Gasteiger partial charge in [0.2, 0.25) is 5.28 Å². The van der Waals surface area contributed by atoms with Crippen molar-refractivity contribution in [3.8, 4) is 45.0 Å². The van der Waals surface area contributed by atoms with E-state index in [2.05, 4.69) is 131 Å². The Kier molecular flexibility index (Phi) is 6.17. The fourth-order valence-corrected chi connectivity index (χ4v) is 6.16. The molecule has 0 fully saturated rings. The van der Waals surface area contributed by atoms with Gasteiger partial charge in [-0.2, -0.15) is 9.97 Å². The van der Waals surface area contributed by atoms with E-state index < -0.39 is 0 Å². The maximum absolute atomic E-state index is 6.58. The number of hydrogen-bond acceptors (Lipinski definition) is 3. The minimum absolute atomic E-state index is 0.164. The summed E-state index contributed by atoms with van der Waals surface area (Å²) in [4.78, 5) is 14.2. The van der Waals surface area contributed by atoms with Crippen LogP contribution in [0.5, 0.6) is 0 Å². The van der Waals surface area contributed by atoms with E-state index in [0.29, 0.717) is 11.6 Å². The van der Waals surface area contributed by atoms with Crippen LogP contribution in [0, 0.1) is 0 Å². The molecular formula is C39H24ClN3. The van der Waals surface area contributed by atoms with E-state index in [1.807, 2.05) is 24.3 Å². The Labute approximate surface area is 254 Å². The minimum atomic E-state index is 0.164. The molecule has 0 N–H and O–H groups in total. The van der Waals surface area contributed by atoms with E-state index in [1.54, 1.807) is 0 Å². The first-order valence-electron chi connectivity index (χ1n) is 14.2. The molecule has 7 aromatic carbocycles. The first kappa shape index (κ1) is 25.3. The maximum atomic E-state index is 6.58. The molecule has 1 heterocycles. The number of halogens is 1. The zero-order valence-electron chi connectivity index (χ0n) is 23.1. The highest BCUT2D eigenvalue weighted by Crippen LogP contribution is 2.38. The van der Waals surface area contributed by atoms with Gasteiger partial charge < -0.3 is 0 Å². The van der Waals surface area contributed by atoms with E-state index >= 15 is 0 Å². The molecule has 0 aliphatic carbocycles. The van der Waals surface area contributed by atoms with E-state index in [-0.39, 0.29) is 5.28 Å². The Morgan fingerprint density at radius 1 is 0.372 bits per heavy atom. The van der Waals surface area contributed by atoms with E-state index in [1.165, 1.54) is 21.9 Å². The van der Waals surface area contributed by atoms with Crippen molar-refractivity contribution in [2.45, 2.75) is 0 Å². The highest BCUT2D eigenvalue weighted by molar-refractivity contribution is 6.28. The zero-order valence-corrected chi connectivity index (χ0v) is 23.8. The van der Waals surface area contributed by atoms with Gasteiger partial charge in [0.15, 0.2) is 11.6 Å². The van der Waals surface area contributed by atoms with Gasteiger partial charge in [-0.1, -0.05) is 127 Å². The van der Waals surface area contributed by atoms with Crippen LogP contribution < -0.4 is 0 Å². The molecule has 43 heavy (non-hydrogen) atoms. The smallest absolute Gasteiger partial charge is 0.208 e. The molecule has 0 saturated carbocycles. The second-order valence-corrected chi connectivity index (χ2v) is 11.0. The van der Waals surface area contributed by atoms with E-state index in [0.717, 1.165) is 43.8 Å². The summed E-state index contributed by atoms with van der Waals surface area (Å²) in [6.07, 6.45) is 0. The van der Waals surface area contributed by atoms with Gasteiger partial charge >= 0.3 is 0 Å². The number of hydrogen-bond donors (Lipinski definition) is 0. The molecule has 0 unspecified atom stereocenters. The van der Waals surface area contributed by atoms with Crippen LogP contribution in [0.1, 0.15) is 0 Å². The van der Waals surface area contributed by atoms with Crippen LogP contribution in [0.15, 0.2) is 146 Å². The van der Waals surface area contributed by atoms with Crippen molar-refractivity contribution < 1.29 is 0 Å². The van der Waals surface area contributed by atoms with Crippen molar-refractivity contribution in [3.63, 3.8) is 0 Å². The average molecular weight is 570 g/mol. The molecule has 0 bridgehead atoms. The monoisotopic (exact) mass is 569 g/mol. The molecule has 0 aliphatic rings. The van der Waals surface area contributed by atoms with Gasteiger partial charge in [-0.15, -0.1) is 0 Å². The van der Waals surface area contributed by atoms with Crippen molar-refractivity contribution in [1.82, 2.24) is 15.0 Å². The largest absolute Gasteiger partial charge is 0.226 e. The molecule has 0 spiro atoms. The molecule has 3 nitrogen and oxygen atoms in total. The van der Waals surface area contributed by atoms with Crippen molar-refractivity contribution in [1.29, 1.82) is 0 Å². The molecule has 202 valence electrons. The fraction of sp³-hybridized carbons (Fsp3) is 0. The molecular weight excluding hydrogens is 546 g/mol. The second kappa shape index (κ2) is 10.5. The molecule has 0 atom stereocenters. The summed E-state index contributed by atoms with van der Waals surface area (Å²) in [5.74, 6) is 1.09. The van der Waals surface area contributed by atoms with Crippen molar-refractivity contribution in [2.75, 3.05) is 0 Å². The molecule has 8 rings (SSSR count). The predicted molar refractivity (Wildman–Crippen MR) is 179 cm³/mol. The lowest BCUT2D eigenvalue weighted by atomic mass is 9.93. The highest BCUT2D eigenvalue weighted by atomic mass is 35.5. The third kappa shape index (κ3) is 4.61. The van der Waals surface area contributed by atoms with Gasteiger partial charge in [0.1, 0.15) is 0 Å². The Bertz CT molecular complexity index is 2310. The van der Waals surface area contributed by atoms with Crippen LogP contribution >= 0.6 is 11.6 Å². The maximum Gasteiger partial charge on any atom is 0.226 e. The SMILES string of the molecule is Clc1nc(-c2ccc3ccc(-c4cccc5ccccc45)cc3c2)nc(-c2ccc3ccccc3c2-c2ccccc2)n1. The van der Waals surface area contributed by atoms with E-state index in [4.69, 9.17) is 16.6 Å². The average Bonchev–Trinajstić information content (AvgIpc) is 3.07. The minimum Gasteiger partial charge on any atom is -0.208 e. The number of fused-ring (bicyclic) bond motifs is 3. The number of rotatable bonds is 4. The lowest BCUT2D eigenvalue weighted by Crippen LogP contribution is -1.99. The number of nitrogens with zero attached hydrogens (tertiary/aromatic N) is 3. The molecule has 0 radical (unpaired) electrons. The van der Waals surface area contributed by atoms with Crippen molar-refractivity contribution >= 4 is 43.9 Å². The Morgan fingerprint density at radius 3 is 1.84 bits per heavy atom. The van der Waals surface area contributed by atoms with Gasteiger partial charge in [-0.3, -0.25) is 0 Å². The Morgan fingerprint density at radius 2 is 1.00 bits per heavy atom. The molecule has 8 aromatic rings. The fourth-order valence-electron chi connectivity index (χ4n) is 6.00. The van der Waals surface area contributed by atoms with Crippen LogP contribution in [0.4, 0.5) is 0 Å². The third-order valence-corrected chi connectivity index (χ3v) is 8.21. The quantitative estimate of drug-likeness (QED) is 0.211. The van der Waals surface area contributed by atoms with Gasteiger partial charge in [-0.05, 0) is 78.8 Å². The molecule has 0 aliphatic heterocycles. The molecule has 0 amide bonds. The topological polar surface area (TPSA) is 38.7 Å². The summed E-state index contributed by atoms with van der Waals surface area (Å²) in [6.45, 7) is 0. The van der Waals surface area contributed by atoms with Crippen LogP contribution in [0.2, 0.25) is 5.28 Å². The number of aromatic nitrogens is 3. The lowest BCUT2D eigenvalue weighted by molar-refractivity contribution is 1.07. The van der Waals surface area contributed by atoms with Gasteiger partial charge in [0.05, 0.1) is 0 Å². The molecule has 1 aromatic heterocycles. The summed E-state index contributed by atoms with van der Waals surface area (Å²) >= 11 is 6.58. The van der Waals surface area contributed by atoms with E-state index in [9.17, 15) is 0 Å². The first-order valence-corrected chi connectivity index (χ1v) is 14.6. The normalized spacial score (nSPS) is 11.4. The standard InChI is InChI=1S/C39H24ClN3/c40-39-42-37(41-38(43-39)35-22-21-27-10-5-7-15-34(27)36(35)28-11-2-1-3-12-28)30-20-18-25-17-19-29(23-31(25)24-30)33-16-8-13-26-9-4-6-14-32(26)33/h1-24H. The van der Waals surface area contributed by atoms with Crippen molar-refractivity contribution in [2.24, 2.45) is 0 Å². The Balaban J connectivity index is 1.27. The lowest BCUT2D eigenvalue weighted by Gasteiger charge is -2.14. The van der Waals surface area contributed by atoms with Crippen LogP contribution in [0.25, 0.3) is 77.3 Å². The number of benzene rings is 7. The zero-order chi connectivity index (χ0) is 28.8. The summed E-state index contributed by atoms with van der Waals surface area (Å²) < 4.78 is 0. The van der Waals surface area contributed by atoms with Gasteiger partial charge in [0.25, 0.3) is 0 Å². The summed E-state index contributed by atoms with van der Waals surface area (Å²) in [6, 6.07) is 50.8. The van der Waals surface area contributed by atoms with Crippen LogP contribution in [0.3, 0.4) is 0 Å². The van der Waals surface area contributed by atoms with Crippen LogP contribution in [-0.4, -0.2) is 15.0 Å². The van der Waals surface area contributed by atoms with Gasteiger partial charge in [-0.25, -0.2) is 4.98 Å².